The van der Waals surface area contributed by atoms with Crippen molar-refractivity contribution in [3.63, 3.8) is 0 Å². The molecule has 0 aliphatic carbocycles. The van der Waals surface area contributed by atoms with Crippen LogP contribution in [0.4, 0.5) is 5.82 Å². The monoisotopic (exact) mass is 262 g/mol. The molecule has 2 heterocycles. The lowest BCUT2D eigenvalue weighted by atomic mass is 10.2. The minimum Gasteiger partial charge on any atom is -0.368 e. The van der Waals surface area contributed by atoms with Crippen LogP contribution in [0.1, 0.15) is 12.0 Å². The van der Waals surface area contributed by atoms with E-state index in [1.165, 1.54) is 0 Å². The number of hydrogen-bond acceptors (Lipinski definition) is 3. The van der Waals surface area contributed by atoms with Crippen molar-refractivity contribution in [1.82, 2.24) is 15.0 Å². The van der Waals surface area contributed by atoms with Gasteiger partial charge in [-0.25, -0.2) is 9.97 Å². The molecule has 0 radical (unpaired) electrons. The summed E-state index contributed by atoms with van der Waals surface area (Å²) in [5, 5.41) is 4.29. The number of rotatable bonds is 3. The van der Waals surface area contributed by atoms with Crippen molar-refractivity contribution >= 4 is 16.9 Å². The number of H-pyrrole nitrogens is 1. The lowest BCUT2D eigenvalue weighted by Crippen LogP contribution is -2.03. The average molecular weight is 262 g/mol. The molecular formula is C16H14N4. The third-order valence-corrected chi connectivity index (χ3v) is 2.90. The maximum atomic E-state index is 4.24. The first kappa shape index (κ1) is 12.2. The Labute approximate surface area is 117 Å². The summed E-state index contributed by atoms with van der Waals surface area (Å²) in [7, 11) is 0. The fourth-order valence-electron chi connectivity index (χ4n) is 1.94. The first-order valence-corrected chi connectivity index (χ1v) is 6.49. The molecular weight excluding hydrogens is 248 g/mol. The molecule has 20 heavy (non-hydrogen) atoms. The van der Waals surface area contributed by atoms with Crippen LogP contribution in [0.5, 0.6) is 0 Å². The van der Waals surface area contributed by atoms with Crippen LogP contribution < -0.4 is 5.32 Å². The molecule has 0 atom stereocenters. The zero-order valence-corrected chi connectivity index (χ0v) is 10.9. The van der Waals surface area contributed by atoms with Gasteiger partial charge in [-0.2, -0.15) is 0 Å². The summed E-state index contributed by atoms with van der Waals surface area (Å²) in [5.74, 6) is 7.13. The van der Waals surface area contributed by atoms with Crippen LogP contribution >= 0.6 is 0 Å². The fourth-order valence-corrected chi connectivity index (χ4v) is 1.94. The number of anilines is 1. The van der Waals surface area contributed by atoms with Crippen molar-refractivity contribution in [3.05, 3.63) is 54.5 Å². The quantitative estimate of drug-likeness (QED) is 0.563. The van der Waals surface area contributed by atoms with Gasteiger partial charge in [-0.05, 0) is 18.2 Å². The van der Waals surface area contributed by atoms with E-state index in [4.69, 9.17) is 0 Å². The Hall–Kier alpha value is -2.80. The van der Waals surface area contributed by atoms with Crippen molar-refractivity contribution in [1.29, 1.82) is 0 Å². The van der Waals surface area contributed by atoms with E-state index in [-0.39, 0.29) is 0 Å². The Balaban J connectivity index is 1.58. The molecule has 2 N–H and O–H groups in total. The highest BCUT2D eigenvalue weighted by Crippen LogP contribution is 2.16. The van der Waals surface area contributed by atoms with E-state index in [1.807, 2.05) is 42.6 Å². The van der Waals surface area contributed by atoms with Crippen LogP contribution in [0.3, 0.4) is 0 Å². The SMILES string of the molecule is C(#Cc1ccccc1)CCNc1ncnc2[nH]ccc12. The summed E-state index contributed by atoms with van der Waals surface area (Å²) in [6, 6.07) is 12.0. The Morgan fingerprint density at radius 3 is 2.90 bits per heavy atom. The molecule has 1 aromatic carbocycles. The van der Waals surface area contributed by atoms with Crippen LogP contribution in [-0.4, -0.2) is 21.5 Å². The number of aromatic nitrogens is 3. The highest BCUT2D eigenvalue weighted by molar-refractivity contribution is 5.86. The van der Waals surface area contributed by atoms with Gasteiger partial charge in [-0.1, -0.05) is 30.0 Å². The van der Waals surface area contributed by atoms with E-state index < -0.39 is 0 Å². The zero-order valence-electron chi connectivity index (χ0n) is 10.9. The Morgan fingerprint density at radius 2 is 2.00 bits per heavy atom. The zero-order chi connectivity index (χ0) is 13.6. The summed E-state index contributed by atoms with van der Waals surface area (Å²) in [4.78, 5) is 11.5. The number of hydrogen-bond donors (Lipinski definition) is 2. The van der Waals surface area contributed by atoms with Crippen LogP contribution in [0.25, 0.3) is 11.0 Å². The van der Waals surface area contributed by atoms with Gasteiger partial charge >= 0.3 is 0 Å². The van der Waals surface area contributed by atoms with Gasteiger partial charge in [0.15, 0.2) is 0 Å². The molecule has 0 aliphatic rings. The normalized spacial score (nSPS) is 10.0. The van der Waals surface area contributed by atoms with E-state index in [2.05, 4.69) is 32.1 Å². The lowest BCUT2D eigenvalue weighted by Gasteiger charge is -2.03. The highest BCUT2D eigenvalue weighted by atomic mass is 15.0. The van der Waals surface area contributed by atoms with Gasteiger partial charge in [-0.3, -0.25) is 0 Å². The third-order valence-electron chi connectivity index (χ3n) is 2.90. The van der Waals surface area contributed by atoms with Gasteiger partial charge in [0.2, 0.25) is 0 Å². The first-order chi connectivity index (χ1) is 9.93. The molecule has 0 fully saturated rings. The second-order valence-corrected chi connectivity index (χ2v) is 4.31. The van der Waals surface area contributed by atoms with Crippen molar-refractivity contribution in [2.45, 2.75) is 6.42 Å². The third kappa shape index (κ3) is 2.78. The molecule has 3 rings (SSSR count). The second-order valence-electron chi connectivity index (χ2n) is 4.31. The minimum atomic E-state index is 0.761. The summed E-state index contributed by atoms with van der Waals surface area (Å²) < 4.78 is 0. The van der Waals surface area contributed by atoms with Gasteiger partial charge in [0.05, 0.1) is 5.39 Å². The summed E-state index contributed by atoms with van der Waals surface area (Å²) >= 11 is 0. The molecule has 4 heteroatoms. The first-order valence-electron chi connectivity index (χ1n) is 6.49. The highest BCUT2D eigenvalue weighted by Gasteiger charge is 2.02. The molecule has 98 valence electrons. The molecule has 0 unspecified atom stereocenters. The minimum absolute atomic E-state index is 0.761. The number of nitrogens with zero attached hydrogens (tertiary/aromatic N) is 2. The standard InChI is InChI=1S/C16H14N4/c1-2-6-13(7-3-1)8-4-5-10-17-15-14-9-11-18-16(14)20-12-19-15/h1-3,6-7,9,11-12H,5,10H2,(H2,17,18,19,20). The average Bonchev–Trinajstić information content (AvgIpc) is 2.97. The number of fused-ring (bicyclic) bond motifs is 1. The maximum absolute atomic E-state index is 4.24. The van der Waals surface area contributed by atoms with Gasteiger partial charge < -0.3 is 10.3 Å². The summed E-state index contributed by atoms with van der Waals surface area (Å²) in [6.45, 7) is 0.761. The van der Waals surface area contributed by atoms with Crippen LogP contribution in [0.2, 0.25) is 0 Å². The summed E-state index contributed by atoms with van der Waals surface area (Å²) in [5.41, 5.74) is 1.89. The maximum Gasteiger partial charge on any atom is 0.142 e. The van der Waals surface area contributed by atoms with Crippen LogP contribution in [0, 0.1) is 11.8 Å². The van der Waals surface area contributed by atoms with Crippen molar-refractivity contribution < 1.29 is 0 Å². The Bertz CT molecular complexity index is 750. The van der Waals surface area contributed by atoms with E-state index in [1.54, 1.807) is 6.33 Å². The summed E-state index contributed by atoms with van der Waals surface area (Å²) in [6.07, 6.45) is 4.18. The molecule has 0 bridgehead atoms. The van der Waals surface area contributed by atoms with Crippen LogP contribution in [-0.2, 0) is 0 Å². The largest absolute Gasteiger partial charge is 0.368 e. The van der Waals surface area contributed by atoms with Gasteiger partial charge in [0.1, 0.15) is 17.8 Å². The van der Waals surface area contributed by atoms with Crippen LogP contribution in [0.15, 0.2) is 48.9 Å². The lowest BCUT2D eigenvalue weighted by molar-refractivity contribution is 1.07. The van der Waals surface area contributed by atoms with Gasteiger partial charge in [0, 0.05) is 24.7 Å². The number of benzene rings is 1. The smallest absolute Gasteiger partial charge is 0.142 e. The molecule has 0 spiro atoms. The van der Waals surface area contributed by atoms with E-state index in [0.717, 1.165) is 35.4 Å². The molecule has 0 aliphatic heterocycles. The molecule has 3 aromatic rings. The van der Waals surface area contributed by atoms with Crippen molar-refractivity contribution in [3.8, 4) is 11.8 Å². The Morgan fingerprint density at radius 1 is 1.10 bits per heavy atom. The Kier molecular flexibility index (Phi) is 3.61. The van der Waals surface area contributed by atoms with Gasteiger partial charge in [0.25, 0.3) is 0 Å². The van der Waals surface area contributed by atoms with E-state index in [0.29, 0.717) is 0 Å². The second kappa shape index (κ2) is 5.89. The van der Waals surface area contributed by atoms with Crippen molar-refractivity contribution in [2.24, 2.45) is 0 Å². The van der Waals surface area contributed by atoms with E-state index >= 15 is 0 Å². The van der Waals surface area contributed by atoms with Gasteiger partial charge in [-0.15, -0.1) is 0 Å². The molecule has 2 aromatic heterocycles. The molecule has 0 saturated heterocycles. The molecule has 4 nitrogen and oxygen atoms in total. The number of nitrogens with one attached hydrogen (secondary N) is 2. The fraction of sp³-hybridized carbons (Fsp3) is 0.125. The predicted octanol–water partition coefficient (Wildman–Crippen LogP) is 2.81. The van der Waals surface area contributed by atoms with Crippen molar-refractivity contribution in [2.75, 3.05) is 11.9 Å². The topological polar surface area (TPSA) is 53.6 Å². The van der Waals surface area contributed by atoms with E-state index in [9.17, 15) is 0 Å². The molecule has 0 amide bonds. The predicted molar refractivity (Wildman–Crippen MR) is 80.3 cm³/mol. The molecule has 0 saturated carbocycles. The number of aromatic amines is 1.